The lowest BCUT2D eigenvalue weighted by Crippen LogP contribution is -2.33. The number of sulfonamides is 1. The van der Waals surface area contributed by atoms with Gasteiger partial charge in [-0.2, -0.15) is 4.31 Å². The number of likely N-dealkylation sites (N-methyl/N-ethyl adjacent to an activating group) is 1. The highest BCUT2D eigenvalue weighted by Crippen LogP contribution is 2.04. The van der Waals surface area contributed by atoms with E-state index in [0.717, 1.165) is 25.9 Å². The molecule has 0 saturated carbocycles. The molecular weight excluding hydrogens is 236 g/mol. The summed E-state index contributed by atoms with van der Waals surface area (Å²) in [7, 11) is -3.09. The third-order valence-corrected chi connectivity index (χ3v) is 4.51. The molecule has 4 nitrogen and oxygen atoms in total. The first-order valence-electron chi connectivity index (χ1n) is 6.37. The van der Waals surface area contributed by atoms with Crippen LogP contribution in [0.5, 0.6) is 0 Å². The first-order chi connectivity index (χ1) is 8.08. The third kappa shape index (κ3) is 7.52. The second-order valence-corrected chi connectivity index (χ2v) is 6.10. The fraction of sp³-hybridized carbons (Fsp3) is 0.833. The van der Waals surface area contributed by atoms with E-state index in [1.54, 1.807) is 6.08 Å². The lowest BCUT2D eigenvalue weighted by atomic mass is 10.3. The average molecular weight is 262 g/mol. The SMILES string of the molecule is C=CCN(CC)S(=O)(=O)CCCCNCCC. The fourth-order valence-corrected chi connectivity index (χ4v) is 3.10. The van der Waals surface area contributed by atoms with E-state index in [0.29, 0.717) is 19.5 Å². The molecule has 0 aromatic heterocycles. The van der Waals surface area contributed by atoms with Crippen LogP contribution >= 0.6 is 0 Å². The van der Waals surface area contributed by atoms with Crippen LogP contribution in [-0.4, -0.2) is 44.7 Å². The minimum absolute atomic E-state index is 0.239. The van der Waals surface area contributed by atoms with E-state index >= 15 is 0 Å². The van der Waals surface area contributed by atoms with Crippen molar-refractivity contribution < 1.29 is 8.42 Å². The van der Waals surface area contributed by atoms with Gasteiger partial charge in [0.05, 0.1) is 5.75 Å². The molecule has 0 saturated heterocycles. The molecule has 0 spiro atoms. The van der Waals surface area contributed by atoms with Crippen LogP contribution in [-0.2, 0) is 10.0 Å². The van der Waals surface area contributed by atoms with Gasteiger partial charge in [-0.3, -0.25) is 0 Å². The Morgan fingerprint density at radius 1 is 1.24 bits per heavy atom. The lowest BCUT2D eigenvalue weighted by Gasteiger charge is -2.18. The Morgan fingerprint density at radius 2 is 1.94 bits per heavy atom. The first-order valence-corrected chi connectivity index (χ1v) is 7.98. The number of unbranched alkanes of at least 4 members (excludes halogenated alkanes) is 1. The van der Waals surface area contributed by atoms with Crippen molar-refractivity contribution in [1.29, 1.82) is 0 Å². The maximum atomic E-state index is 11.9. The molecule has 0 aliphatic rings. The van der Waals surface area contributed by atoms with E-state index in [-0.39, 0.29) is 5.75 Å². The molecule has 1 N–H and O–H groups in total. The van der Waals surface area contributed by atoms with Crippen LogP contribution in [0, 0.1) is 0 Å². The van der Waals surface area contributed by atoms with Crippen LogP contribution in [0.3, 0.4) is 0 Å². The van der Waals surface area contributed by atoms with Gasteiger partial charge in [-0.05, 0) is 32.4 Å². The first kappa shape index (κ1) is 16.6. The predicted molar refractivity (Wildman–Crippen MR) is 73.6 cm³/mol. The van der Waals surface area contributed by atoms with Gasteiger partial charge in [0.15, 0.2) is 0 Å². The predicted octanol–water partition coefficient (Wildman–Crippen LogP) is 1.60. The minimum atomic E-state index is -3.09. The second kappa shape index (κ2) is 9.62. The molecule has 0 atom stereocenters. The minimum Gasteiger partial charge on any atom is -0.317 e. The summed E-state index contributed by atoms with van der Waals surface area (Å²) in [6, 6.07) is 0. The van der Waals surface area contributed by atoms with Crippen LogP contribution in [0.2, 0.25) is 0 Å². The highest BCUT2D eigenvalue weighted by molar-refractivity contribution is 7.89. The summed E-state index contributed by atoms with van der Waals surface area (Å²) < 4.78 is 25.3. The molecule has 0 fully saturated rings. The number of hydrogen-bond acceptors (Lipinski definition) is 3. The lowest BCUT2D eigenvalue weighted by molar-refractivity contribution is 0.457. The largest absolute Gasteiger partial charge is 0.317 e. The molecule has 0 unspecified atom stereocenters. The molecule has 0 heterocycles. The standard InChI is InChI=1S/C12H26N2O2S/c1-4-9-13-10-7-8-12-17(15,16)14(6-3)11-5-2/h5,13H,2,4,6-12H2,1,3H3. The smallest absolute Gasteiger partial charge is 0.214 e. The van der Waals surface area contributed by atoms with Gasteiger partial charge in [-0.15, -0.1) is 6.58 Å². The molecule has 0 amide bonds. The average Bonchev–Trinajstić information content (AvgIpc) is 2.30. The van der Waals surface area contributed by atoms with Crippen molar-refractivity contribution in [3.05, 3.63) is 12.7 Å². The summed E-state index contributed by atoms with van der Waals surface area (Å²) in [6.07, 6.45) is 4.36. The summed E-state index contributed by atoms with van der Waals surface area (Å²) in [5, 5.41) is 3.27. The van der Waals surface area contributed by atoms with E-state index in [4.69, 9.17) is 0 Å². The second-order valence-electron chi connectivity index (χ2n) is 4.01. The third-order valence-electron chi connectivity index (χ3n) is 2.51. The molecule has 0 radical (unpaired) electrons. The Morgan fingerprint density at radius 3 is 2.47 bits per heavy atom. The van der Waals surface area contributed by atoms with Crippen molar-refractivity contribution in [3.8, 4) is 0 Å². The molecular formula is C12H26N2O2S. The number of nitrogens with zero attached hydrogens (tertiary/aromatic N) is 1. The van der Waals surface area contributed by atoms with Gasteiger partial charge < -0.3 is 5.32 Å². The van der Waals surface area contributed by atoms with Gasteiger partial charge in [0.1, 0.15) is 0 Å². The van der Waals surface area contributed by atoms with Gasteiger partial charge in [0, 0.05) is 13.1 Å². The normalized spacial score (nSPS) is 11.9. The molecule has 0 aromatic rings. The van der Waals surface area contributed by atoms with Gasteiger partial charge >= 0.3 is 0 Å². The molecule has 102 valence electrons. The Labute approximate surface area is 106 Å². The molecule has 0 rings (SSSR count). The van der Waals surface area contributed by atoms with E-state index in [1.807, 2.05) is 6.92 Å². The van der Waals surface area contributed by atoms with E-state index < -0.39 is 10.0 Å². The molecule has 17 heavy (non-hydrogen) atoms. The van der Waals surface area contributed by atoms with Gasteiger partial charge in [-0.1, -0.05) is 19.9 Å². The molecule has 0 aromatic carbocycles. The number of rotatable bonds is 11. The van der Waals surface area contributed by atoms with Gasteiger partial charge in [-0.25, -0.2) is 8.42 Å². The maximum Gasteiger partial charge on any atom is 0.214 e. The summed E-state index contributed by atoms with van der Waals surface area (Å²) in [5.74, 6) is 0.239. The molecule has 0 aliphatic carbocycles. The van der Waals surface area contributed by atoms with Crippen molar-refractivity contribution in [3.63, 3.8) is 0 Å². The van der Waals surface area contributed by atoms with E-state index in [2.05, 4.69) is 18.8 Å². The quantitative estimate of drug-likeness (QED) is 0.454. The van der Waals surface area contributed by atoms with Crippen LogP contribution in [0.4, 0.5) is 0 Å². The Hall–Kier alpha value is -0.390. The number of hydrogen-bond donors (Lipinski definition) is 1. The number of nitrogens with one attached hydrogen (secondary N) is 1. The van der Waals surface area contributed by atoms with Gasteiger partial charge in [0.2, 0.25) is 10.0 Å². The van der Waals surface area contributed by atoms with Crippen molar-refractivity contribution in [2.24, 2.45) is 0 Å². The molecule has 0 aliphatic heterocycles. The zero-order chi connectivity index (χ0) is 13.1. The van der Waals surface area contributed by atoms with Crippen molar-refractivity contribution in [2.45, 2.75) is 33.1 Å². The van der Waals surface area contributed by atoms with E-state index in [1.165, 1.54) is 4.31 Å². The maximum absolute atomic E-state index is 11.9. The summed E-state index contributed by atoms with van der Waals surface area (Å²) >= 11 is 0. The Balaban J connectivity index is 3.88. The van der Waals surface area contributed by atoms with E-state index in [9.17, 15) is 8.42 Å². The van der Waals surface area contributed by atoms with Crippen LogP contribution in [0.15, 0.2) is 12.7 Å². The van der Waals surface area contributed by atoms with Crippen molar-refractivity contribution in [2.75, 3.05) is 31.9 Å². The monoisotopic (exact) mass is 262 g/mol. The summed E-state index contributed by atoms with van der Waals surface area (Å²) in [5.41, 5.74) is 0. The van der Waals surface area contributed by atoms with Crippen LogP contribution in [0.25, 0.3) is 0 Å². The summed E-state index contributed by atoms with van der Waals surface area (Å²) in [6.45, 7) is 10.4. The molecule has 5 heteroatoms. The van der Waals surface area contributed by atoms with Gasteiger partial charge in [0.25, 0.3) is 0 Å². The fourth-order valence-electron chi connectivity index (χ4n) is 1.55. The van der Waals surface area contributed by atoms with Crippen molar-refractivity contribution in [1.82, 2.24) is 9.62 Å². The molecule has 0 bridgehead atoms. The van der Waals surface area contributed by atoms with Crippen LogP contribution < -0.4 is 5.32 Å². The zero-order valence-electron chi connectivity index (χ0n) is 11.1. The Bertz CT molecular complexity index is 289. The van der Waals surface area contributed by atoms with Crippen molar-refractivity contribution >= 4 is 10.0 Å². The van der Waals surface area contributed by atoms with Crippen LogP contribution in [0.1, 0.15) is 33.1 Å². The topological polar surface area (TPSA) is 49.4 Å². The highest BCUT2D eigenvalue weighted by Gasteiger charge is 2.17. The zero-order valence-corrected chi connectivity index (χ0v) is 11.9. The highest BCUT2D eigenvalue weighted by atomic mass is 32.2. The summed E-state index contributed by atoms with van der Waals surface area (Å²) in [4.78, 5) is 0. The Kier molecular flexibility index (Phi) is 9.40.